The van der Waals surface area contributed by atoms with Gasteiger partial charge in [-0.15, -0.1) is 0 Å². The molecular weight excluding hydrogens is 300 g/mol. The quantitative estimate of drug-likeness (QED) is 0.716. The van der Waals surface area contributed by atoms with Crippen molar-refractivity contribution in [3.05, 3.63) is 42.0 Å². The van der Waals surface area contributed by atoms with Crippen molar-refractivity contribution < 1.29 is 4.79 Å². The molecule has 0 aliphatic carbocycles. The summed E-state index contributed by atoms with van der Waals surface area (Å²) in [6, 6.07) is 11.8. The lowest BCUT2D eigenvalue weighted by Gasteiger charge is -2.15. The van der Waals surface area contributed by atoms with E-state index in [2.05, 4.69) is 9.88 Å². The molecule has 124 valence electrons. The number of rotatable bonds is 4. The molecule has 3 rings (SSSR count). The Morgan fingerprint density at radius 2 is 2.00 bits per heavy atom. The molecule has 0 atom stereocenters. The van der Waals surface area contributed by atoms with Gasteiger partial charge in [0.05, 0.1) is 22.4 Å². The summed E-state index contributed by atoms with van der Waals surface area (Å²) in [5, 5.41) is 2.94. The minimum Gasteiger partial charge on any atom is -0.397 e. The first-order chi connectivity index (χ1) is 11.5. The molecular formula is C19H22N4O. The van der Waals surface area contributed by atoms with E-state index in [0.29, 0.717) is 17.8 Å². The maximum absolute atomic E-state index is 12.0. The van der Waals surface area contributed by atoms with Crippen molar-refractivity contribution in [2.75, 3.05) is 11.1 Å². The van der Waals surface area contributed by atoms with Gasteiger partial charge < -0.3 is 15.6 Å². The lowest BCUT2D eigenvalue weighted by molar-refractivity contribution is -0.116. The number of imidazole rings is 1. The monoisotopic (exact) mass is 322 g/mol. The summed E-state index contributed by atoms with van der Waals surface area (Å²) >= 11 is 0. The first-order valence-corrected chi connectivity index (χ1v) is 8.13. The Kier molecular flexibility index (Phi) is 4.25. The molecule has 1 aromatic heterocycles. The van der Waals surface area contributed by atoms with Gasteiger partial charge in [0.15, 0.2) is 0 Å². The molecule has 3 N–H and O–H groups in total. The molecule has 0 radical (unpaired) electrons. The number of nitrogen functional groups attached to an aromatic ring is 1. The number of nitrogens with two attached hydrogens (primary N) is 1. The van der Waals surface area contributed by atoms with Crippen molar-refractivity contribution in [1.82, 2.24) is 9.55 Å². The number of carbonyl (C=O) groups is 1. The van der Waals surface area contributed by atoms with Gasteiger partial charge >= 0.3 is 0 Å². The summed E-state index contributed by atoms with van der Waals surface area (Å²) in [7, 11) is 2.00. The predicted octanol–water partition coefficient (Wildman–Crippen LogP) is 3.87. The van der Waals surface area contributed by atoms with Gasteiger partial charge in [-0.05, 0) is 43.2 Å². The van der Waals surface area contributed by atoms with Gasteiger partial charge in [0, 0.05) is 19.0 Å². The largest absolute Gasteiger partial charge is 0.397 e. The maximum atomic E-state index is 12.0. The molecule has 0 fully saturated rings. The minimum absolute atomic E-state index is 0.0190. The summed E-state index contributed by atoms with van der Waals surface area (Å²) in [6.07, 6.45) is 1.28. The highest BCUT2D eigenvalue weighted by Gasteiger charge is 2.16. The molecule has 5 nitrogen and oxygen atoms in total. The number of carbonyl (C=O) groups excluding carboxylic acids is 1. The molecule has 3 aromatic rings. The van der Waals surface area contributed by atoms with E-state index in [4.69, 9.17) is 10.7 Å². The van der Waals surface area contributed by atoms with E-state index in [9.17, 15) is 4.79 Å². The van der Waals surface area contributed by atoms with Crippen LogP contribution in [0.15, 0.2) is 36.4 Å². The van der Waals surface area contributed by atoms with Crippen LogP contribution in [0.25, 0.3) is 22.4 Å². The van der Waals surface area contributed by atoms with Crippen LogP contribution in [0.4, 0.5) is 11.4 Å². The van der Waals surface area contributed by atoms with E-state index >= 15 is 0 Å². The molecule has 0 aliphatic heterocycles. The van der Waals surface area contributed by atoms with Crippen molar-refractivity contribution in [2.45, 2.75) is 26.7 Å². The molecule has 1 heterocycles. The van der Waals surface area contributed by atoms with Crippen LogP contribution in [0.2, 0.25) is 0 Å². The maximum Gasteiger partial charge on any atom is 0.224 e. The number of hydrogen-bond acceptors (Lipinski definition) is 3. The Bertz CT molecular complexity index is 911. The standard InChI is InChI=1S/C19H22N4O/c1-4-7-17(24)22-18-12(2)13(10-11-14(18)20)19-21-15-8-5-6-9-16(15)23(19)3/h5-6,8-11H,4,7,20H2,1-3H3,(H,22,24). The fourth-order valence-electron chi connectivity index (χ4n) is 2.96. The number of nitrogens with zero attached hydrogens (tertiary/aromatic N) is 2. The normalized spacial score (nSPS) is 11.0. The molecule has 0 spiro atoms. The molecule has 1 amide bonds. The highest BCUT2D eigenvalue weighted by Crippen LogP contribution is 2.33. The Hall–Kier alpha value is -2.82. The Balaban J connectivity index is 2.11. The molecule has 0 aliphatic rings. The van der Waals surface area contributed by atoms with E-state index in [1.807, 2.05) is 57.3 Å². The number of para-hydroxylation sites is 2. The van der Waals surface area contributed by atoms with Crippen LogP contribution >= 0.6 is 0 Å². The van der Waals surface area contributed by atoms with Gasteiger partial charge in [-0.2, -0.15) is 0 Å². The lowest BCUT2D eigenvalue weighted by Crippen LogP contribution is -2.14. The Morgan fingerprint density at radius 3 is 2.71 bits per heavy atom. The zero-order chi connectivity index (χ0) is 17.3. The lowest BCUT2D eigenvalue weighted by atomic mass is 10.0. The third-order valence-electron chi connectivity index (χ3n) is 4.27. The SMILES string of the molecule is CCCC(=O)Nc1c(N)ccc(-c2nc3ccccc3n2C)c1C. The van der Waals surface area contributed by atoms with Crippen molar-refractivity contribution in [2.24, 2.45) is 7.05 Å². The van der Waals surface area contributed by atoms with E-state index in [1.165, 1.54) is 0 Å². The summed E-state index contributed by atoms with van der Waals surface area (Å²) in [5.41, 5.74) is 11.2. The van der Waals surface area contributed by atoms with Crippen LogP contribution in [-0.2, 0) is 11.8 Å². The first kappa shape index (κ1) is 16.1. The Morgan fingerprint density at radius 1 is 1.25 bits per heavy atom. The topological polar surface area (TPSA) is 72.9 Å². The highest BCUT2D eigenvalue weighted by atomic mass is 16.1. The molecule has 0 saturated heterocycles. The second-order valence-corrected chi connectivity index (χ2v) is 5.98. The minimum atomic E-state index is -0.0190. The van der Waals surface area contributed by atoms with Crippen LogP contribution in [-0.4, -0.2) is 15.5 Å². The van der Waals surface area contributed by atoms with Gasteiger partial charge in [-0.25, -0.2) is 4.98 Å². The zero-order valence-corrected chi connectivity index (χ0v) is 14.3. The van der Waals surface area contributed by atoms with Gasteiger partial charge in [-0.1, -0.05) is 19.1 Å². The van der Waals surface area contributed by atoms with Crippen LogP contribution in [0, 0.1) is 6.92 Å². The van der Waals surface area contributed by atoms with Crippen molar-refractivity contribution in [3.63, 3.8) is 0 Å². The number of fused-ring (bicyclic) bond motifs is 1. The predicted molar refractivity (Wildman–Crippen MR) is 98.8 cm³/mol. The third kappa shape index (κ3) is 2.73. The molecule has 0 unspecified atom stereocenters. The average Bonchev–Trinajstić information content (AvgIpc) is 2.89. The Labute approximate surface area is 141 Å². The van der Waals surface area contributed by atoms with Crippen molar-refractivity contribution in [3.8, 4) is 11.4 Å². The summed E-state index contributed by atoms with van der Waals surface area (Å²) < 4.78 is 2.06. The molecule has 0 saturated carbocycles. The molecule has 5 heteroatoms. The van der Waals surface area contributed by atoms with E-state index < -0.39 is 0 Å². The van der Waals surface area contributed by atoms with Crippen LogP contribution in [0.3, 0.4) is 0 Å². The van der Waals surface area contributed by atoms with E-state index in [0.717, 1.165) is 34.4 Å². The van der Waals surface area contributed by atoms with Crippen LogP contribution in [0.5, 0.6) is 0 Å². The van der Waals surface area contributed by atoms with Crippen molar-refractivity contribution >= 4 is 28.3 Å². The second kappa shape index (κ2) is 6.35. The average molecular weight is 322 g/mol. The molecule has 24 heavy (non-hydrogen) atoms. The van der Waals surface area contributed by atoms with Gasteiger partial charge in [0.25, 0.3) is 0 Å². The molecule has 2 aromatic carbocycles. The number of benzene rings is 2. The first-order valence-electron chi connectivity index (χ1n) is 8.13. The summed E-state index contributed by atoms with van der Waals surface area (Å²) in [6.45, 7) is 3.94. The zero-order valence-electron chi connectivity index (χ0n) is 14.3. The van der Waals surface area contributed by atoms with Crippen LogP contribution < -0.4 is 11.1 Å². The third-order valence-corrected chi connectivity index (χ3v) is 4.27. The summed E-state index contributed by atoms with van der Waals surface area (Å²) in [5.74, 6) is 0.842. The van der Waals surface area contributed by atoms with E-state index in [1.54, 1.807) is 0 Å². The number of amides is 1. The van der Waals surface area contributed by atoms with Crippen molar-refractivity contribution in [1.29, 1.82) is 0 Å². The highest BCUT2D eigenvalue weighted by molar-refractivity contribution is 5.96. The van der Waals surface area contributed by atoms with Gasteiger partial charge in [-0.3, -0.25) is 4.79 Å². The fourth-order valence-corrected chi connectivity index (χ4v) is 2.96. The second-order valence-electron chi connectivity index (χ2n) is 5.98. The number of hydrogen-bond donors (Lipinski definition) is 2. The smallest absolute Gasteiger partial charge is 0.224 e. The number of aryl methyl sites for hydroxylation is 1. The van der Waals surface area contributed by atoms with E-state index in [-0.39, 0.29) is 5.91 Å². The number of aromatic nitrogens is 2. The van der Waals surface area contributed by atoms with Crippen LogP contribution in [0.1, 0.15) is 25.3 Å². The molecule has 0 bridgehead atoms. The van der Waals surface area contributed by atoms with Gasteiger partial charge in [0.1, 0.15) is 5.82 Å². The van der Waals surface area contributed by atoms with Gasteiger partial charge in [0.2, 0.25) is 5.91 Å². The fraction of sp³-hybridized carbons (Fsp3) is 0.263. The summed E-state index contributed by atoms with van der Waals surface area (Å²) in [4.78, 5) is 16.7. The number of nitrogens with one attached hydrogen (secondary N) is 1. The number of anilines is 2.